The van der Waals surface area contributed by atoms with Gasteiger partial charge in [0, 0.05) is 25.6 Å². The van der Waals surface area contributed by atoms with E-state index in [0.717, 1.165) is 0 Å². The van der Waals surface area contributed by atoms with Crippen molar-refractivity contribution in [1.82, 2.24) is 0 Å². The zero-order valence-electron chi connectivity index (χ0n) is 25.3. The Kier molecular flexibility index (Phi) is 11.0. The molecule has 0 amide bonds. The maximum absolute atomic E-state index is 13.6. The highest BCUT2D eigenvalue weighted by Crippen LogP contribution is 2.36. The van der Waals surface area contributed by atoms with Crippen molar-refractivity contribution in [2.24, 2.45) is 11.7 Å². The standard InChI is InChI=1S/C33H41NO9/c1-21-14-15-26(41-31(35)23-10-7-6-8-11-23)30-27(42-33(3,4)43-30)13-9-12-24-18-25(38-17-16-34)19-28(39-20-37-5)29(24)32(36)40-22(21)2/h6-12,14-15,18-19,21-22,26-27,30H,13,16-17,20,34H2,1-5H3/t21-,22?,26?,27?,30?/m1/s1. The number of rotatable bonds is 8. The lowest BCUT2D eigenvalue weighted by atomic mass is 9.98. The van der Waals surface area contributed by atoms with E-state index < -0.39 is 42.1 Å². The van der Waals surface area contributed by atoms with Gasteiger partial charge in [-0.15, -0.1) is 0 Å². The van der Waals surface area contributed by atoms with Crippen LogP contribution in [0.25, 0.3) is 6.08 Å². The Labute approximate surface area is 252 Å². The average molecular weight is 596 g/mol. The predicted molar refractivity (Wildman–Crippen MR) is 160 cm³/mol. The minimum atomic E-state index is -0.914. The largest absolute Gasteiger partial charge is 0.492 e. The molecule has 2 aliphatic rings. The van der Waals surface area contributed by atoms with Gasteiger partial charge in [-0.3, -0.25) is 0 Å². The molecule has 2 N–H and O–H groups in total. The van der Waals surface area contributed by atoms with Crippen molar-refractivity contribution in [2.45, 2.75) is 64.3 Å². The second-order valence-corrected chi connectivity index (χ2v) is 10.9. The van der Waals surface area contributed by atoms with Crippen LogP contribution in [0, 0.1) is 5.92 Å². The average Bonchev–Trinajstić information content (AvgIpc) is 3.30. The van der Waals surface area contributed by atoms with Crippen molar-refractivity contribution in [3.63, 3.8) is 0 Å². The van der Waals surface area contributed by atoms with Gasteiger partial charge in [0.1, 0.15) is 42.0 Å². The van der Waals surface area contributed by atoms with E-state index in [-0.39, 0.29) is 30.6 Å². The molecular formula is C33H41NO9. The molecule has 0 spiro atoms. The van der Waals surface area contributed by atoms with Crippen molar-refractivity contribution in [3.05, 3.63) is 77.4 Å². The normalized spacial score (nSPS) is 25.2. The number of cyclic esters (lactones) is 1. The van der Waals surface area contributed by atoms with E-state index in [1.165, 1.54) is 7.11 Å². The second-order valence-electron chi connectivity index (χ2n) is 10.9. The van der Waals surface area contributed by atoms with Gasteiger partial charge >= 0.3 is 11.9 Å². The van der Waals surface area contributed by atoms with Crippen LogP contribution < -0.4 is 15.2 Å². The predicted octanol–water partition coefficient (Wildman–Crippen LogP) is 4.91. The summed E-state index contributed by atoms with van der Waals surface area (Å²) >= 11 is 0. The summed E-state index contributed by atoms with van der Waals surface area (Å²) in [4.78, 5) is 26.7. The van der Waals surface area contributed by atoms with Crippen LogP contribution in [0.4, 0.5) is 0 Å². The summed E-state index contributed by atoms with van der Waals surface area (Å²) in [6.07, 6.45) is 5.34. The molecule has 0 saturated carbocycles. The van der Waals surface area contributed by atoms with E-state index in [1.54, 1.807) is 55.5 Å². The van der Waals surface area contributed by atoms with Gasteiger partial charge < -0.3 is 38.9 Å². The van der Waals surface area contributed by atoms with Crippen molar-refractivity contribution in [2.75, 3.05) is 27.1 Å². The van der Waals surface area contributed by atoms with Crippen molar-refractivity contribution in [1.29, 1.82) is 0 Å². The van der Waals surface area contributed by atoms with Gasteiger partial charge in [-0.05, 0) is 57.0 Å². The fraction of sp³-hybridized carbons (Fsp3) is 0.455. The van der Waals surface area contributed by atoms with Crippen LogP contribution in [0.5, 0.6) is 11.5 Å². The van der Waals surface area contributed by atoms with Crippen molar-refractivity contribution in [3.8, 4) is 11.5 Å². The number of esters is 2. The van der Waals surface area contributed by atoms with Crippen LogP contribution in [0.3, 0.4) is 0 Å². The van der Waals surface area contributed by atoms with E-state index >= 15 is 0 Å². The van der Waals surface area contributed by atoms with E-state index in [0.29, 0.717) is 29.8 Å². The molecule has 2 aromatic carbocycles. The first-order chi connectivity index (χ1) is 20.6. The van der Waals surface area contributed by atoms with Gasteiger partial charge in [0.25, 0.3) is 0 Å². The zero-order chi connectivity index (χ0) is 31.0. The van der Waals surface area contributed by atoms with E-state index in [2.05, 4.69) is 0 Å². The molecular weight excluding hydrogens is 554 g/mol. The Morgan fingerprint density at radius 2 is 1.84 bits per heavy atom. The minimum Gasteiger partial charge on any atom is -0.492 e. The number of carbonyl (C=O) groups excluding carboxylic acids is 2. The number of fused-ring (bicyclic) bond motifs is 2. The maximum atomic E-state index is 13.6. The molecule has 4 unspecified atom stereocenters. The van der Waals surface area contributed by atoms with E-state index in [1.807, 2.05) is 39.0 Å². The number of hydrogen-bond acceptors (Lipinski definition) is 10. The van der Waals surface area contributed by atoms with Gasteiger partial charge in [0.2, 0.25) is 0 Å². The lowest BCUT2D eigenvalue weighted by Crippen LogP contribution is -2.37. The molecule has 1 fully saturated rings. The molecule has 43 heavy (non-hydrogen) atoms. The Hall–Kier alpha value is -3.70. The SMILES string of the molecule is COCOc1cc(OCCN)cc2c1C(=O)OC(C)[C@H](C)C=CC(OC(=O)c1ccccc1)C1OC(C)(C)OC1CC=C2. The minimum absolute atomic E-state index is 0.0778. The molecule has 2 aromatic rings. The number of carbonyl (C=O) groups is 2. The first-order valence-corrected chi connectivity index (χ1v) is 14.4. The van der Waals surface area contributed by atoms with Crippen LogP contribution in [0.15, 0.2) is 60.7 Å². The molecule has 0 aliphatic carbocycles. The van der Waals surface area contributed by atoms with Gasteiger partial charge in [-0.25, -0.2) is 9.59 Å². The maximum Gasteiger partial charge on any atom is 0.342 e. The number of hydrogen-bond donors (Lipinski definition) is 1. The summed E-state index contributed by atoms with van der Waals surface area (Å²) in [6, 6.07) is 12.1. The van der Waals surface area contributed by atoms with Crippen molar-refractivity contribution < 1.29 is 42.7 Å². The molecule has 10 heteroatoms. The Bertz CT molecular complexity index is 1310. The Morgan fingerprint density at radius 1 is 1.07 bits per heavy atom. The fourth-order valence-electron chi connectivity index (χ4n) is 4.87. The van der Waals surface area contributed by atoms with Crippen LogP contribution in [0.1, 0.15) is 60.4 Å². The van der Waals surface area contributed by atoms with Crippen LogP contribution in [0.2, 0.25) is 0 Å². The molecule has 0 bridgehead atoms. The molecule has 5 atom stereocenters. The van der Waals surface area contributed by atoms with Gasteiger partial charge in [-0.1, -0.05) is 43.4 Å². The molecule has 10 nitrogen and oxygen atoms in total. The van der Waals surface area contributed by atoms with Crippen LogP contribution in [-0.4, -0.2) is 69.2 Å². The van der Waals surface area contributed by atoms with E-state index in [9.17, 15) is 9.59 Å². The Morgan fingerprint density at radius 3 is 2.56 bits per heavy atom. The molecule has 4 rings (SSSR count). The zero-order valence-corrected chi connectivity index (χ0v) is 25.3. The van der Waals surface area contributed by atoms with Crippen LogP contribution >= 0.6 is 0 Å². The number of nitrogens with two attached hydrogens (primary N) is 1. The molecule has 0 aromatic heterocycles. The fourth-order valence-corrected chi connectivity index (χ4v) is 4.87. The summed E-state index contributed by atoms with van der Waals surface area (Å²) in [6.45, 7) is 7.88. The summed E-state index contributed by atoms with van der Waals surface area (Å²) in [7, 11) is 1.49. The van der Waals surface area contributed by atoms with Gasteiger partial charge in [0.05, 0.1) is 11.7 Å². The highest BCUT2D eigenvalue weighted by atomic mass is 16.8. The summed E-state index contributed by atoms with van der Waals surface area (Å²) in [5, 5.41) is 0. The quantitative estimate of drug-likeness (QED) is 0.256. The number of benzene rings is 2. The third-order valence-corrected chi connectivity index (χ3v) is 7.13. The summed E-state index contributed by atoms with van der Waals surface area (Å²) < 4.78 is 41.1. The summed E-state index contributed by atoms with van der Waals surface area (Å²) in [5.41, 5.74) is 6.84. The first-order valence-electron chi connectivity index (χ1n) is 14.4. The molecule has 2 heterocycles. The molecule has 1 saturated heterocycles. The molecule has 232 valence electrons. The lowest BCUT2D eigenvalue weighted by molar-refractivity contribution is -0.152. The topological polar surface area (TPSA) is 125 Å². The second kappa shape index (κ2) is 14.7. The highest BCUT2D eigenvalue weighted by Gasteiger charge is 2.45. The van der Waals surface area contributed by atoms with Crippen LogP contribution in [-0.2, 0) is 23.7 Å². The van der Waals surface area contributed by atoms with Crippen molar-refractivity contribution >= 4 is 18.0 Å². The third-order valence-electron chi connectivity index (χ3n) is 7.13. The monoisotopic (exact) mass is 595 g/mol. The van der Waals surface area contributed by atoms with E-state index in [4.69, 9.17) is 38.9 Å². The highest BCUT2D eigenvalue weighted by molar-refractivity contribution is 5.97. The number of ether oxygens (including phenoxy) is 7. The number of methoxy groups -OCH3 is 1. The van der Waals surface area contributed by atoms with Gasteiger partial charge in [0.15, 0.2) is 12.6 Å². The first kappa shape index (κ1) is 32.2. The molecule has 0 radical (unpaired) electrons. The smallest absolute Gasteiger partial charge is 0.342 e. The van der Waals surface area contributed by atoms with Gasteiger partial charge in [-0.2, -0.15) is 0 Å². The third kappa shape index (κ3) is 8.45. The molecule has 2 aliphatic heterocycles. The Balaban J connectivity index is 1.74. The lowest BCUT2D eigenvalue weighted by Gasteiger charge is -2.25. The summed E-state index contributed by atoms with van der Waals surface area (Å²) in [5.74, 6) is -1.46.